The molecular weight excluding hydrogens is 234 g/mol. The van der Waals surface area contributed by atoms with Gasteiger partial charge in [0.15, 0.2) is 5.82 Å². The van der Waals surface area contributed by atoms with Gasteiger partial charge in [-0.2, -0.15) is 9.64 Å². The summed E-state index contributed by atoms with van der Waals surface area (Å²) in [5, 5.41) is 13.0. The van der Waals surface area contributed by atoms with Crippen molar-refractivity contribution in [2.45, 2.75) is 25.8 Å². The van der Waals surface area contributed by atoms with Crippen molar-refractivity contribution >= 4 is 22.4 Å². The van der Waals surface area contributed by atoms with Gasteiger partial charge in [0, 0.05) is 12.6 Å². The van der Waals surface area contributed by atoms with Gasteiger partial charge in [-0.15, -0.1) is 0 Å². The number of nitrogens with two attached hydrogens (primary N) is 1. The Hall–Kier alpha value is -1.32. The van der Waals surface area contributed by atoms with Crippen LogP contribution in [-0.4, -0.2) is 34.9 Å². The van der Waals surface area contributed by atoms with Crippen LogP contribution in [0.15, 0.2) is 0 Å². The fourth-order valence-electron chi connectivity index (χ4n) is 2.08. The molecule has 1 fully saturated rings. The summed E-state index contributed by atoms with van der Waals surface area (Å²) in [5.41, 5.74) is 6.08. The fraction of sp³-hybridized carbons (Fsp3) is 0.636. The van der Waals surface area contributed by atoms with Gasteiger partial charge in [0.25, 0.3) is 0 Å². The van der Waals surface area contributed by atoms with Crippen LogP contribution in [0.4, 0.5) is 10.8 Å². The average Bonchev–Trinajstić information content (AvgIpc) is 2.95. The van der Waals surface area contributed by atoms with E-state index < -0.39 is 0 Å². The Morgan fingerprint density at radius 1 is 1.59 bits per heavy atom. The summed E-state index contributed by atoms with van der Waals surface area (Å²) in [6, 6.07) is 2.56. The minimum Gasteiger partial charge on any atom is -0.382 e. The summed E-state index contributed by atoms with van der Waals surface area (Å²) >= 11 is 1.26. The highest BCUT2D eigenvalue weighted by molar-refractivity contribution is 7.10. The maximum absolute atomic E-state index is 8.95. The van der Waals surface area contributed by atoms with Gasteiger partial charge < -0.3 is 11.1 Å². The molecule has 1 aromatic heterocycles. The first-order valence-electron chi connectivity index (χ1n) is 5.85. The highest BCUT2D eigenvalue weighted by Crippen LogP contribution is 2.25. The van der Waals surface area contributed by atoms with Crippen LogP contribution in [0.3, 0.4) is 0 Å². The predicted molar refractivity (Wildman–Crippen MR) is 70.0 cm³/mol. The molecule has 6 heteroatoms. The second-order valence-electron chi connectivity index (χ2n) is 4.36. The summed E-state index contributed by atoms with van der Waals surface area (Å²) in [7, 11) is 0. The van der Waals surface area contributed by atoms with E-state index in [1.54, 1.807) is 0 Å². The van der Waals surface area contributed by atoms with Gasteiger partial charge in [-0.3, -0.25) is 4.90 Å². The van der Waals surface area contributed by atoms with Crippen LogP contribution >= 0.6 is 11.5 Å². The quantitative estimate of drug-likeness (QED) is 0.847. The number of nitrogens with one attached hydrogen (secondary N) is 1. The number of hydrogen-bond donors (Lipinski definition) is 2. The van der Waals surface area contributed by atoms with Gasteiger partial charge in [0.2, 0.25) is 0 Å². The number of nitrogens with zero attached hydrogens (tertiary/aromatic N) is 3. The van der Waals surface area contributed by atoms with Crippen LogP contribution in [0.2, 0.25) is 0 Å². The van der Waals surface area contributed by atoms with Crippen molar-refractivity contribution in [3.05, 3.63) is 5.56 Å². The van der Waals surface area contributed by atoms with Crippen LogP contribution < -0.4 is 11.1 Å². The minimum absolute atomic E-state index is 0.328. The Morgan fingerprint density at radius 3 is 2.94 bits per heavy atom. The van der Waals surface area contributed by atoms with Crippen molar-refractivity contribution in [2.75, 3.05) is 30.7 Å². The molecule has 0 bridgehead atoms. The maximum Gasteiger partial charge on any atom is 0.157 e. The third kappa shape index (κ3) is 2.68. The van der Waals surface area contributed by atoms with Gasteiger partial charge in [-0.1, -0.05) is 0 Å². The number of anilines is 2. The molecule has 1 saturated heterocycles. The number of likely N-dealkylation sites (tertiary alicyclic amines) is 1. The van der Waals surface area contributed by atoms with E-state index in [1.165, 1.54) is 37.5 Å². The minimum atomic E-state index is 0.328. The van der Waals surface area contributed by atoms with Crippen molar-refractivity contribution in [3.8, 4) is 6.07 Å². The zero-order chi connectivity index (χ0) is 12.3. The van der Waals surface area contributed by atoms with Crippen LogP contribution in [0.5, 0.6) is 0 Å². The monoisotopic (exact) mass is 251 g/mol. The lowest BCUT2D eigenvalue weighted by Crippen LogP contribution is -2.35. The van der Waals surface area contributed by atoms with Crippen molar-refractivity contribution in [2.24, 2.45) is 0 Å². The molecule has 17 heavy (non-hydrogen) atoms. The Labute approximate surface area is 105 Å². The largest absolute Gasteiger partial charge is 0.382 e. The fourth-order valence-corrected chi connectivity index (χ4v) is 2.75. The molecule has 92 valence electrons. The highest BCUT2D eigenvalue weighted by atomic mass is 32.1. The molecule has 3 N–H and O–H groups in total. The number of hydrogen-bond acceptors (Lipinski definition) is 6. The Bertz CT molecular complexity index is 416. The summed E-state index contributed by atoms with van der Waals surface area (Å²) < 4.78 is 3.98. The Morgan fingerprint density at radius 2 is 2.29 bits per heavy atom. The number of nitrogen functional groups attached to an aromatic ring is 1. The molecule has 0 saturated carbocycles. The van der Waals surface area contributed by atoms with E-state index in [4.69, 9.17) is 11.0 Å². The second-order valence-corrected chi connectivity index (χ2v) is 5.13. The van der Waals surface area contributed by atoms with Gasteiger partial charge in [-0.25, -0.2) is 0 Å². The maximum atomic E-state index is 8.95. The first kappa shape index (κ1) is 12.1. The number of aromatic nitrogens is 1. The zero-order valence-electron chi connectivity index (χ0n) is 9.94. The first-order chi connectivity index (χ1) is 8.22. The third-order valence-corrected chi connectivity index (χ3v) is 3.97. The van der Waals surface area contributed by atoms with Crippen molar-refractivity contribution < 1.29 is 0 Å². The molecule has 1 aromatic rings. The molecule has 5 nitrogen and oxygen atoms in total. The molecule has 2 heterocycles. The summed E-state index contributed by atoms with van der Waals surface area (Å²) in [5.74, 6) is 0.328. The molecular formula is C11H17N5S. The lowest BCUT2D eigenvalue weighted by molar-refractivity contribution is 0.269. The van der Waals surface area contributed by atoms with Gasteiger partial charge in [-0.05, 0) is 44.4 Å². The van der Waals surface area contributed by atoms with Crippen molar-refractivity contribution in [1.82, 2.24) is 9.27 Å². The molecule has 0 radical (unpaired) electrons. The molecule has 1 atom stereocenters. The van der Waals surface area contributed by atoms with Crippen LogP contribution in [0.25, 0.3) is 0 Å². The number of nitriles is 1. The topological polar surface area (TPSA) is 78.0 Å². The molecule has 1 aliphatic heterocycles. The van der Waals surface area contributed by atoms with Crippen LogP contribution in [0, 0.1) is 11.3 Å². The molecule has 0 aromatic carbocycles. The molecule has 2 rings (SSSR count). The van der Waals surface area contributed by atoms with E-state index in [0.717, 1.165) is 11.5 Å². The average molecular weight is 251 g/mol. The van der Waals surface area contributed by atoms with E-state index in [9.17, 15) is 0 Å². The first-order valence-corrected chi connectivity index (χ1v) is 6.63. The molecule has 1 unspecified atom stereocenters. The van der Waals surface area contributed by atoms with E-state index in [1.807, 2.05) is 0 Å². The van der Waals surface area contributed by atoms with E-state index in [-0.39, 0.29) is 0 Å². The van der Waals surface area contributed by atoms with Gasteiger partial charge in [0.1, 0.15) is 16.6 Å². The lowest BCUT2D eigenvalue weighted by Gasteiger charge is -2.23. The summed E-state index contributed by atoms with van der Waals surface area (Å²) in [4.78, 5) is 2.46. The number of rotatable bonds is 4. The van der Waals surface area contributed by atoms with E-state index in [2.05, 4.69) is 27.6 Å². The predicted octanol–water partition coefficient (Wildman–Crippen LogP) is 1.49. The van der Waals surface area contributed by atoms with Gasteiger partial charge >= 0.3 is 0 Å². The van der Waals surface area contributed by atoms with Gasteiger partial charge in [0.05, 0.1) is 0 Å². The Balaban J connectivity index is 1.91. The summed E-state index contributed by atoms with van der Waals surface area (Å²) in [6.45, 7) is 5.39. The molecule has 0 aliphatic carbocycles. The molecule has 0 spiro atoms. The lowest BCUT2D eigenvalue weighted by atomic mass is 10.3. The van der Waals surface area contributed by atoms with Crippen molar-refractivity contribution in [3.63, 3.8) is 0 Å². The Kier molecular flexibility index (Phi) is 3.82. The highest BCUT2D eigenvalue weighted by Gasteiger charge is 2.18. The van der Waals surface area contributed by atoms with E-state index >= 15 is 0 Å². The third-order valence-electron chi connectivity index (χ3n) is 3.15. The second kappa shape index (κ2) is 5.34. The standard InChI is InChI=1S/C11H17N5S/c1-8(16-4-2-3-5-16)7-14-11-9(6-12)10(13)15-17-11/h8,14H,2-5,7H2,1H3,(H2,13,15). The normalized spacial score (nSPS) is 17.9. The van der Waals surface area contributed by atoms with Crippen LogP contribution in [-0.2, 0) is 0 Å². The smallest absolute Gasteiger partial charge is 0.157 e. The summed E-state index contributed by atoms with van der Waals surface area (Å²) in [6.07, 6.45) is 2.59. The van der Waals surface area contributed by atoms with E-state index in [0.29, 0.717) is 17.4 Å². The molecule has 0 amide bonds. The van der Waals surface area contributed by atoms with Crippen LogP contribution in [0.1, 0.15) is 25.3 Å². The zero-order valence-corrected chi connectivity index (χ0v) is 10.8. The molecule has 1 aliphatic rings. The SMILES string of the molecule is CC(CNc1snc(N)c1C#N)N1CCCC1. The van der Waals surface area contributed by atoms with Crippen molar-refractivity contribution in [1.29, 1.82) is 5.26 Å².